The van der Waals surface area contributed by atoms with E-state index in [0.29, 0.717) is 0 Å². The Morgan fingerprint density at radius 3 is 1.64 bits per heavy atom. The molecular weight excluding hydrogens is 268 g/mol. The summed E-state index contributed by atoms with van der Waals surface area (Å²) >= 11 is 0. The number of benzene rings is 2. The molecule has 1 aliphatic carbocycles. The van der Waals surface area contributed by atoms with Crippen molar-refractivity contribution >= 4 is 0 Å². The first-order valence-electron chi connectivity index (χ1n) is 8.38. The van der Waals surface area contributed by atoms with E-state index in [0.717, 1.165) is 25.9 Å². The van der Waals surface area contributed by atoms with Gasteiger partial charge in [0.2, 0.25) is 0 Å². The molecule has 3 rings (SSSR count). The maximum atomic E-state index is 6.82. The Morgan fingerprint density at radius 2 is 1.18 bits per heavy atom. The largest absolute Gasteiger partial charge is 0.313 e. The molecule has 0 bridgehead atoms. The number of hydrogen-bond acceptors (Lipinski definition) is 2. The summed E-state index contributed by atoms with van der Waals surface area (Å²) in [7, 11) is 0. The van der Waals surface area contributed by atoms with Gasteiger partial charge in [-0.05, 0) is 24.0 Å². The highest BCUT2D eigenvalue weighted by molar-refractivity contribution is 5.18. The van der Waals surface area contributed by atoms with Crippen LogP contribution in [0.1, 0.15) is 43.2 Å². The maximum Gasteiger partial charge on any atom is 0.0693 e. The fraction of sp³-hybridized carbons (Fsp3) is 0.400. The van der Waals surface area contributed by atoms with Gasteiger partial charge in [-0.25, -0.2) is 0 Å². The molecule has 0 amide bonds. The Hall–Kier alpha value is -1.64. The zero-order chi connectivity index (χ0) is 15.3. The lowest BCUT2D eigenvalue weighted by Crippen LogP contribution is -2.56. The minimum Gasteiger partial charge on any atom is -0.313 e. The van der Waals surface area contributed by atoms with Gasteiger partial charge in [0.25, 0.3) is 0 Å². The van der Waals surface area contributed by atoms with E-state index in [2.05, 4.69) is 65.6 Å². The van der Waals surface area contributed by atoms with Gasteiger partial charge in [0.1, 0.15) is 0 Å². The van der Waals surface area contributed by atoms with Crippen molar-refractivity contribution in [2.24, 2.45) is 5.73 Å². The summed E-state index contributed by atoms with van der Waals surface area (Å²) in [6, 6.07) is 21.4. The van der Waals surface area contributed by atoms with E-state index in [9.17, 15) is 0 Å². The van der Waals surface area contributed by atoms with E-state index in [-0.39, 0.29) is 5.66 Å². The smallest absolute Gasteiger partial charge is 0.0693 e. The average molecular weight is 294 g/mol. The van der Waals surface area contributed by atoms with Crippen LogP contribution >= 0.6 is 0 Å². The lowest BCUT2D eigenvalue weighted by Gasteiger charge is -2.44. The molecule has 1 aliphatic rings. The standard InChI is InChI=1S/C20H26N2/c21-20(14-8-3-9-15-20)22(16-18-10-4-1-5-11-18)17-19-12-6-2-7-13-19/h1-2,4-7,10-13H,3,8-9,14-17,21H2. The molecule has 2 N–H and O–H groups in total. The summed E-state index contributed by atoms with van der Waals surface area (Å²) in [4.78, 5) is 2.48. The van der Waals surface area contributed by atoms with Crippen molar-refractivity contribution in [2.45, 2.75) is 50.9 Å². The average Bonchev–Trinajstić information content (AvgIpc) is 2.57. The Balaban J connectivity index is 1.81. The summed E-state index contributed by atoms with van der Waals surface area (Å²) in [5.41, 5.74) is 9.35. The highest BCUT2D eigenvalue weighted by Crippen LogP contribution is 2.31. The summed E-state index contributed by atoms with van der Waals surface area (Å²) < 4.78 is 0. The van der Waals surface area contributed by atoms with Crippen LogP contribution in [0.4, 0.5) is 0 Å². The van der Waals surface area contributed by atoms with Gasteiger partial charge in [0, 0.05) is 13.1 Å². The second kappa shape index (κ2) is 7.08. The molecule has 0 radical (unpaired) electrons. The fourth-order valence-electron chi connectivity index (χ4n) is 3.46. The summed E-state index contributed by atoms with van der Waals surface area (Å²) in [5.74, 6) is 0. The molecular formula is C20H26N2. The normalized spacial score (nSPS) is 17.5. The number of rotatable bonds is 5. The van der Waals surface area contributed by atoms with Crippen molar-refractivity contribution < 1.29 is 0 Å². The van der Waals surface area contributed by atoms with Gasteiger partial charge in [-0.2, -0.15) is 0 Å². The van der Waals surface area contributed by atoms with Crippen LogP contribution in [-0.2, 0) is 13.1 Å². The fourth-order valence-corrected chi connectivity index (χ4v) is 3.46. The topological polar surface area (TPSA) is 29.3 Å². The summed E-state index contributed by atoms with van der Waals surface area (Å²) in [5, 5.41) is 0. The van der Waals surface area contributed by atoms with E-state index in [1.165, 1.54) is 30.4 Å². The van der Waals surface area contributed by atoms with Crippen molar-refractivity contribution in [3.63, 3.8) is 0 Å². The third-order valence-electron chi connectivity index (χ3n) is 4.78. The van der Waals surface area contributed by atoms with E-state index in [1.807, 2.05) is 0 Å². The monoisotopic (exact) mass is 294 g/mol. The van der Waals surface area contributed by atoms with Gasteiger partial charge in [-0.15, -0.1) is 0 Å². The molecule has 0 atom stereocenters. The lowest BCUT2D eigenvalue weighted by molar-refractivity contribution is 0.0400. The molecule has 0 aliphatic heterocycles. The van der Waals surface area contributed by atoms with Crippen molar-refractivity contribution in [1.82, 2.24) is 4.90 Å². The van der Waals surface area contributed by atoms with Gasteiger partial charge in [0.15, 0.2) is 0 Å². The lowest BCUT2D eigenvalue weighted by atomic mass is 9.87. The highest BCUT2D eigenvalue weighted by atomic mass is 15.3. The molecule has 2 nitrogen and oxygen atoms in total. The number of nitrogens with two attached hydrogens (primary N) is 1. The van der Waals surface area contributed by atoms with Crippen molar-refractivity contribution in [2.75, 3.05) is 0 Å². The van der Waals surface area contributed by atoms with Crippen LogP contribution in [0.2, 0.25) is 0 Å². The minimum atomic E-state index is -0.163. The Kier molecular flexibility index (Phi) is 4.91. The van der Waals surface area contributed by atoms with Crippen molar-refractivity contribution in [1.29, 1.82) is 0 Å². The summed E-state index contributed by atoms with van der Waals surface area (Å²) in [6.07, 6.45) is 6.02. The van der Waals surface area contributed by atoms with Crippen LogP contribution in [0, 0.1) is 0 Å². The van der Waals surface area contributed by atoms with Crippen LogP contribution in [0.15, 0.2) is 60.7 Å². The van der Waals surface area contributed by atoms with Gasteiger partial charge in [-0.3, -0.25) is 4.90 Å². The van der Waals surface area contributed by atoms with Gasteiger partial charge >= 0.3 is 0 Å². The van der Waals surface area contributed by atoms with Crippen molar-refractivity contribution in [3.05, 3.63) is 71.8 Å². The van der Waals surface area contributed by atoms with Gasteiger partial charge in [0.05, 0.1) is 5.66 Å². The minimum absolute atomic E-state index is 0.163. The maximum absolute atomic E-state index is 6.82. The number of nitrogens with zero attached hydrogens (tertiary/aromatic N) is 1. The molecule has 0 unspecified atom stereocenters. The zero-order valence-corrected chi connectivity index (χ0v) is 13.2. The Labute approximate surface area is 134 Å². The predicted octanol–water partition coefficient (Wildman–Crippen LogP) is 4.31. The SMILES string of the molecule is NC1(N(Cc2ccccc2)Cc2ccccc2)CCCCC1. The molecule has 0 spiro atoms. The molecule has 0 heterocycles. The van der Waals surface area contributed by atoms with E-state index in [4.69, 9.17) is 5.73 Å². The van der Waals surface area contributed by atoms with Crippen LogP contribution in [-0.4, -0.2) is 10.6 Å². The first-order valence-corrected chi connectivity index (χ1v) is 8.38. The molecule has 116 valence electrons. The Morgan fingerprint density at radius 1 is 0.727 bits per heavy atom. The molecule has 1 fully saturated rings. The van der Waals surface area contributed by atoms with E-state index in [1.54, 1.807) is 0 Å². The summed E-state index contributed by atoms with van der Waals surface area (Å²) in [6.45, 7) is 1.85. The van der Waals surface area contributed by atoms with E-state index >= 15 is 0 Å². The van der Waals surface area contributed by atoms with Crippen LogP contribution in [0.5, 0.6) is 0 Å². The first-order chi connectivity index (χ1) is 10.8. The van der Waals surface area contributed by atoms with Crippen LogP contribution in [0.3, 0.4) is 0 Å². The molecule has 2 aromatic carbocycles. The zero-order valence-electron chi connectivity index (χ0n) is 13.2. The molecule has 2 heteroatoms. The number of hydrogen-bond donors (Lipinski definition) is 1. The molecule has 22 heavy (non-hydrogen) atoms. The molecule has 0 saturated heterocycles. The quantitative estimate of drug-likeness (QED) is 0.833. The first kappa shape index (κ1) is 15.3. The second-order valence-corrected chi connectivity index (χ2v) is 6.49. The van der Waals surface area contributed by atoms with Gasteiger partial charge < -0.3 is 5.73 Å². The Bertz CT molecular complexity index is 517. The third kappa shape index (κ3) is 3.76. The second-order valence-electron chi connectivity index (χ2n) is 6.49. The van der Waals surface area contributed by atoms with Gasteiger partial charge in [-0.1, -0.05) is 79.9 Å². The van der Waals surface area contributed by atoms with Crippen LogP contribution < -0.4 is 5.73 Å². The molecule has 1 saturated carbocycles. The van der Waals surface area contributed by atoms with Crippen molar-refractivity contribution in [3.8, 4) is 0 Å². The highest BCUT2D eigenvalue weighted by Gasteiger charge is 2.33. The van der Waals surface area contributed by atoms with E-state index < -0.39 is 0 Å². The predicted molar refractivity (Wildman–Crippen MR) is 92.1 cm³/mol. The molecule has 0 aromatic heterocycles. The molecule has 2 aromatic rings. The van der Waals surface area contributed by atoms with Crippen LogP contribution in [0.25, 0.3) is 0 Å². The third-order valence-corrected chi connectivity index (χ3v) is 4.78.